The highest BCUT2D eigenvalue weighted by Crippen LogP contribution is 2.58. The number of hydrogen-bond acceptors (Lipinski definition) is 3. The maximum Gasteiger partial charge on any atom is 0.457 e. The van der Waals surface area contributed by atoms with Crippen LogP contribution in [0.4, 0.5) is 50.9 Å². The topological polar surface area (TPSA) is 78.9 Å². The quantitative estimate of drug-likeness (QED) is 0.346. The van der Waals surface area contributed by atoms with E-state index in [1.54, 1.807) is 6.07 Å². The number of nitrogen functional groups attached to an aromatic ring is 1. The number of rotatable bonds is 6. The highest BCUT2D eigenvalue weighted by atomic mass is 19.4. The van der Waals surface area contributed by atoms with E-state index in [1.165, 1.54) is 26.0 Å². The second kappa shape index (κ2) is 9.31. The van der Waals surface area contributed by atoms with Gasteiger partial charge in [-0.1, -0.05) is 13.8 Å². The summed E-state index contributed by atoms with van der Waals surface area (Å²) >= 11 is 0. The summed E-state index contributed by atoms with van der Waals surface area (Å²) in [4.78, 5) is 12.7. The van der Waals surface area contributed by atoms with Gasteiger partial charge in [0, 0.05) is 16.8 Å². The van der Waals surface area contributed by atoms with Gasteiger partial charge in [0.15, 0.2) is 0 Å². The molecular formula is C22H18F9N3O. The van der Waals surface area contributed by atoms with Crippen molar-refractivity contribution in [2.24, 2.45) is 0 Å². The number of carbonyl (C=O) groups excluding carboxylic acids is 1. The van der Waals surface area contributed by atoms with Crippen molar-refractivity contribution < 1.29 is 44.3 Å². The van der Waals surface area contributed by atoms with Crippen molar-refractivity contribution in [3.8, 4) is 6.07 Å². The van der Waals surface area contributed by atoms with Gasteiger partial charge in [0.2, 0.25) is 0 Å². The SMILES string of the molecule is CCc1cc(C(F)(C(F)(F)F)C(F)(F)C(F)(F)F)cc(CC)c1NC(=O)c1ccc(C#N)c(N)c1. The summed E-state index contributed by atoms with van der Waals surface area (Å²) in [6.45, 7) is 2.65. The molecule has 0 radical (unpaired) electrons. The standard InChI is InChI=1S/C22H18F9N3O/c1-3-11-7-15(19(23,21(26,27)28)20(24,25)22(29,30)31)8-12(4-2)17(11)34-18(35)13-5-6-14(10-32)16(33)9-13/h5-9H,3-4,33H2,1-2H3,(H,34,35). The lowest BCUT2D eigenvalue weighted by Crippen LogP contribution is -2.59. The Balaban J connectivity index is 2.69. The van der Waals surface area contributed by atoms with Crippen LogP contribution in [0.3, 0.4) is 0 Å². The number of hydrogen-bond donors (Lipinski definition) is 2. The molecule has 0 saturated carbocycles. The largest absolute Gasteiger partial charge is 0.457 e. The summed E-state index contributed by atoms with van der Waals surface area (Å²) in [6, 6.07) is 5.83. The van der Waals surface area contributed by atoms with Crippen LogP contribution in [-0.4, -0.2) is 24.2 Å². The Bertz CT molecular complexity index is 1140. The molecule has 0 saturated heterocycles. The van der Waals surface area contributed by atoms with Crippen molar-refractivity contribution in [3.63, 3.8) is 0 Å². The number of alkyl halides is 9. The number of anilines is 2. The third kappa shape index (κ3) is 4.74. The van der Waals surface area contributed by atoms with Crippen LogP contribution in [0.25, 0.3) is 0 Å². The average molecular weight is 511 g/mol. The minimum absolute atomic E-state index is 0.0521. The van der Waals surface area contributed by atoms with E-state index in [1.807, 2.05) is 0 Å². The summed E-state index contributed by atoms with van der Waals surface area (Å²) in [6.07, 6.45) is -14.0. The summed E-state index contributed by atoms with van der Waals surface area (Å²) in [5.74, 6) is -7.67. The molecule has 0 heterocycles. The van der Waals surface area contributed by atoms with Gasteiger partial charge < -0.3 is 11.1 Å². The molecule has 2 aromatic carbocycles. The molecule has 3 N–H and O–H groups in total. The van der Waals surface area contributed by atoms with Crippen LogP contribution in [0.15, 0.2) is 30.3 Å². The molecular weight excluding hydrogens is 493 g/mol. The third-order valence-corrected chi connectivity index (χ3v) is 5.31. The molecule has 2 rings (SSSR count). The number of amides is 1. The Morgan fingerprint density at radius 3 is 1.80 bits per heavy atom. The summed E-state index contributed by atoms with van der Waals surface area (Å²) in [5.41, 5.74) is -3.24. The normalized spacial score (nSPS) is 14.2. The smallest absolute Gasteiger partial charge is 0.398 e. The fraction of sp³-hybridized carbons (Fsp3) is 0.364. The lowest BCUT2D eigenvalue weighted by molar-refractivity contribution is -0.389. The second-order valence-electron chi connectivity index (χ2n) is 7.47. The van der Waals surface area contributed by atoms with E-state index in [-0.39, 0.29) is 58.6 Å². The molecule has 0 aliphatic carbocycles. The molecule has 13 heteroatoms. The lowest BCUT2D eigenvalue weighted by Gasteiger charge is -2.36. The zero-order chi connectivity index (χ0) is 27.0. The molecule has 0 fully saturated rings. The van der Waals surface area contributed by atoms with E-state index < -0.39 is 35.4 Å². The molecule has 1 amide bonds. The van der Waals surface area contributed by atoms with Crippen LogP contribution in [0.1, 0.15) is 46.5 Å². The molecule has 1 unspecified atom stereocenters. The first kappa shape index (κ1) is 27.8. The van der Waals surface area contributed by atoms with E-state index in [4.69, 9.17) is 11.0 Å². The molecule has 0 spiro atoms. The fourth-order valence-corrected chi connectivity index (χ4v) is 3.39. The van der Waals surface area contributed by atoms with Crippen molar-refractivity contribution in [2.45, 2.75) is 50.6 Å². The Kier molecular flexibility index (Phi) is 7.40. The maximum absolute atomic E-state index is 15.0. The molecule has 190 valence electrons. The first-order valence-electron chi connectivity index (χ1n) is 9.93. The minimum Gasteiger partial charge on any atom is -0.398 e. The predicted octanol–water partition coefficient (Wildman–Crippen LogP) is 6.44. The second-order valence-corrected chi connectivity index (χ2v) is 7.47. The van der Waals surface area contributed by atoms with Crippen LogP contribution >= 0.6 is 0 Å². The predicted molar refractivity (Wildman–Crippen MR) is 109 cm³/mol. The van der Waals surface area contributed by atoms with E-state index >= 15 is 0 Å². The van der Waals surface area contributed by atoms with E-state index in [2.05, 4.69) is 5.32 Å². The third-order valence-electron chi connectivity index (χ3n) is 5.31. The highest BCUT2D eigenvalue weighted by Gasteiger charge is 2.81. The van der Waals surface area contributed by atoms with E-state index in [0.717, 1.165) is 6.07 Å². The Morgan fingerprint density at radius 2 is 1.43 bits per heavy atom. The highest BCUT2D eigenvalue weighted by molar-refractivity contribution is 6.05. The van der Waals surface area contributed by atoms with E-state index in [0.29, 0.717) is 0 Å². The van der Waals surface area contributed by atoms with Crippen LogP contribution in [0.2, 0.25) is 0 Å². The molecule has 2 aromatic rings. The Morgan fingerprint density at radius 1 is 0.914 bits per heavy atom. The van der Waals surface area contributed by atoms with Gasteiger partial charge in [-0.15, -0.1) is 0 Å². The fourth-order valence-electron chi connectivity index (χ4n) is 3.39. The van der Waals surface area contributed by atoms with Gasteiger partial charge in [0.05, 0.1) is 11.3 Å². The number of aryl methyl sites for hydroxylation is 2. The first-order chi connectivity index (χ1) is 16.0. The van der Waals surface area contributed by atoms with Crippen molar-refractivity contribution in [1.29, 1.82) is 5.26 Å². The number of nitriles is 1. The average Bonchev–Trinajstić information content (AvgIpc) is 2.76. The number of nitrogens with two attached hydrogens (primary N) is 1. The van der Waals surface area contributed by atoms with Crippen molar-refractivity contribution in [1.82, 2.24) is 0 Å². The van der Waals surface area contributed by atoms with Gasteiger partial charge >= 0.3 is 23.9 Å². The number of carbonyl (C=O) groups is 1. The molecule has 0 aliphatic heterocycles. The number of nitrogens with zero attached hydrogens (tertiary/aromatic N) is 1. The Hall–Kier alpha value is -3.43. The summed E-state index contributed by atoms with van der Waals surface area (Å²) < 4.78 is 122. The number of benzene rings is 2. The van der Waals surface area contributed by atoms with Crippen molar-refractivity contribution in [3.05, 3.63) is 58.1 Å². The lowest BCUT2D eigenvalue weighted by atomic mass is 9.84. The van der Waals surface area contributed by atoms with Crippen molar-refractivity contribution in [2.75, 3.05) is 11.1 Å². The van der Waals surface area contributed by atoms with Gasteiger partial charge in [0.1, 0.15) is 6.07 Å². The van der Waals surface area contributed by atoms with Crippen LogP contribution in [0.5, 0.6) is 0 Å². The van der Waals surface area contributed by atoms with Gasteiger partial charge in [-0.25, -0.2) is 4.39 Å². The van der Waals surface area contributed by atoms with Gasteiger partial charge in [-0.3, -0.25) is 4.79 Å². The molecule has 4 nitrogen and oxygen atoms in total. The molecule has 0 bridgehead atoms. The maximum atomic E-state index is 15.0. The van der Waals surface area contributed by atoms with Gasteiger partial charge in [-0.2, -0.15) is 40.4 Å². The van der Waals surface area contributed by atoms with Crippen LogP contribution in [-0.2, 0) is 18.5 Å². The first-order valence-corrected chi connectivity index (χ1v) is 9.93. The van der Waals surface area contributed by atoms with Crippen LogP contribution < -0.4 is 11.1 Å². The molecule has 0 aliphatic rings. The summed E-state index contributed by atoms with van der Waals surface area (Å²) in [7, 11) is 0. The van der Waals surface area contributed by atoms with Crippen LogP contribution in [0, 0.1) is 11.3 Å². The molecule has 1 atom stereocenters. The molecule has 35 heavy (non-hydrogen) atoms. The zero-order valence-electron chi connectivity index (χ0n) is 18.1. The summed E-state index contributed by atoms with van der Waals surface area (Å²) in [5, 5.41) is 11.3. The van der Waals surface area contributed by atoms with Gasteiger partial charge in [0.25, 0.3) is 5.91 Å². The molecule has 0 aromatic heterocycles. The zero-order valence-corrected chi connectivity index (χ0v) is 18.1. The number of halogens is 9. The van der Waals surface area contributed by atoms with Gasteiger partial charge in [-0.05, 0) is 54.3 Å². The Labute approximate surface area is 193 Å². The monoisotopic (exact) mass is 511 g/mol. The minimum atomic E-state index is -6.85. The van der Waals surface area contributed by atoms with E-state index in [9.17, 15) is 44.3 Å². The van der Waals surface area contributed by atoms with Crippen molar-refractivity contribution >= 4 is 17.3 Å². The number of nitrogens with one attached hydrogen (secondary N) is 1.